The number of fused-ring (bicyclic) bond motifs is 2. The molecule has 2 N–H and O–H groups in total. The van der Waals surface area contributed by atoms with E-state index in [1.165, 1.54) is 26.4 Å². The maximum Gasteiger partial charge on any atom is 0.407 e. The van der Waals surface area contributed by atoms with Crippen LogP contribution < -0.4 is 5.69 Å². The van der Waals surface area contributed by atoms with Crippen LogP contribution in [0, 0.1) is 19.7 Å². The standard InChI is InChI=1S/C27H25F2N7O3/c1-14-10-17(11-15(2)24(14)29)36-25(23-16(3)33(27(38)39)7-6-21(23)32-36)35-9-8-34(26(35)37)22-5-4-20-19(13-30-31-20)18(22)12-28/h4-5,8-11,13,16H,6-7,12H2,1-3H3,(H,30,31)(H,38,39)/t16-/m0/s1. The van der Waals surface area contributed by atoms with Gasteiger partial charge in [-0.15, -0.1) is 0 Å². The zero-order valence-corrected chi connectivity index (χ0v) is 21.4. The molecule has 1 amide bonds. The number of hydrogen-bond donors (Lipinski definition) is 2. The predicted octanol–water partition coefficient (Wildman–Crippen LogP) is 4.51. The Bertz CT molecular complexity index is 1810. The van der Waals surface area contributed by atoms with Gasteiger partial charge in [-0.3, -0.25) is 14.2 Å². The van der Waals surface area contributed by atoms with E-state index >= 15 is 0 Å². The molecule has 1 aliphatic rings. The van der Waals surface area contributed by atoms with Crippen LogP contribution in [-0.4, -0.2) is 51.8 Å². The molecule has 3 aromatic heterocycles. The largest absolute Gasteiger partial charge is 0.465 e. The minimum Gasteiger partial charge on any atom is -0.465 e. The highest BCUT2D eigenvalue weighted by Gasteiger charge is 2.35. The molecule has 0 bridgehead atoms. The number of carboxylic acid groups (broad SMARTS) is 1. The molecule has 5 aromatic rings. The van der Waals surface area contributed by atoms with E-state index in [-0.39, 0.29) is 12.4 Å². The lowest BCUT2D eigenvalue weighted by molar-refractivity contribution is 0.124. The molecule has 0 saturated carbocycles. The SMILES string of the molecule is Cc1cc(-n2nc3c(c2-n2ccn(-c4ccc5[nH]ncc5c4CF)c2=O)[C@H](C)N(C(=O)O)CC3)cc(C)c1F. The molecule has 0 unspecified atom stereocenters. The maximum absolute atomic E-state index is 14.5. The molecule has 12 heteroatoms. The first-order chi connectivity index (χ1) is 18.7. The molecule has 2 aromatic carbocycles. The lowest BCUT2D eigenvalue weighted by atomic mass is 10.00. The number of alkyl halides is 1. The number of nitrogens with zero attached hydrogens (tertiary/aromatic N) is 6. The van der Waals surface area contributed by atoms with Gasteiger partial charge in [-0.05, 0) is 56.2 Å². The molecule has 0 radical (unpaired) electrons. The number of hydrogen-bond acceptors (Lipinski definition) is 4. The Kier molecular flexibility index (Phi) is 5.63. The Hall–Kier alpha value is -4.74. The van der Waals surface area contributed by atoms with Crippen LogP contribution in [0.15, 0.2) is 47.7 Å². The summed E-state index contributed by atoms with van der Waals surface area (Å²) >= 11 is 0. The van der Waals surface area contributed by atoms with Crippen molar-refractivity contribution in [2.45, 2.75) is 39.9 Å². The lowest BCUT2D eigenvalue weighted by Crippen LogP contribution is -2.38. The van der Waals surface area contributed by atoms with Crippen LogP contribution >= 0.6 is 0 Å². The second-order valence-corrected chi connectivity index (χ2v) is 9.74. The molecule has 39 heavy (non-hydrogen) atoms. The van der Waals surface area contributed by atoms with Gasteiger partial charge in [0.05, 0.1) is 34.8 Å². The first kappa shape index (κ1) is 24.6. The van der Waals surface area contributed by atoms with E-state index < -0.39 is 24.5 Å². The Morgan fingerprint density at radius 2 is 1.90 bits per heavy atom. The van der Waals surface area contributed by atoms with Gasteiger partial charge in [0, 0.05) is 41.9 Å². The van der Waals surface area contributed by atoms with E-state index in [9.17, 15) is 23.5 Å². The molecule has 10 nitrogen and oxygen atoms in total. The topological polar surface area (TPSA) is 114 Å². The first-order valence-electron chi connectivity index (χ1n) is 12.4. The van der Waals surface area contributed by atoms with Crippen LogP contribution in [0.4, 0.5) is 13.6 Å². The summed E-state index contributed by atoms with van der Waals surface area (Å²) in [5.74, 6) is 0.0168. The van der Waals surface area contributed by atoms with E-state index in [1.54, 1.807) is 55.9 Å². The zero-order valence-electron chi connectivity index (χ0n) is 21.4. The molecule has 1 aliphatic heterocycles. The molecule has 0 saturated heterocycles. The smallest absolute Gasteiger partial charge is 0.407 e. The van der Waals surface area contributed by atoms with Crippen molar-refractivity contribution in [3.05, 3.63) is 87.1 Å². The Balaban J connectivity index is 1.61. The minimum atomic E-state index is -1.08. The van der Waals surface area contributed by atoms with Gasteiger partial charge < -0.3 is 10.0 Å². The Morgan fingerprint density at radius 3 is 2.59 bits per heavy atom. The summed E-state index contributed by atoms with van der Waals surface area (Å²) < 4.78 is 33.0. The zero-order chi connectivity index (χ0) is 27.6. The summed E-state index contributed by atoms with van der Waals surface area (Å²) in [4.78, 5) is 27.2. The highest BCUT2D eigenvalue weighted by molar-refractivity contribution is 5.84. The fourth-order valence-corrected chi connectivity index (χ4v) is 5.52. The predicted molar refractivity (Wildman–Crippen MR) is 139 cm³/mol. The number of H-pyrrole nitrogens is 1. The number of rotatable bonds is 4. The normalized spacial score (nSPS) is 15.2. The average molecular weight is 534 g/mol. The van der Waals surface area contributed by atoms with E-state index in [0.29, 0.717) is 62.5 Å². The Labute approximate surface area is 220 Å². The van der Waals surface area contributed by atoms with E-state index in [4.69, 9.17) is 5.10 Å². The number of carbonyl (C=O) groups is 1. The average Bonchev–Trinajstić information content (AvgIpc) is 3.63. The molecule has 0 spiro atoms. The van der Waals surface area contributed by atoms with Crippen molar-refractivity contribution in [2.75, 3.05) is 6.54 Å². The van der Waals surface area contributed by atoms with Gasteiger partial charge in [-0.25, -0.2) is 23.1 Å². The summed E-state index contributed by atoms with van der Waals surface area (Å²) in [7, 11) is 0. The highest BCUT2D eigenvalue weighted by atomic mass is 19.1. The van der Waals surface area contributed by atoms with Crippen molar-refractivity contribution in [1.29, 1.82) is 0 Å². The molecule has 200 valence electrons. The Morgan fingerprint density at radius 1 is 1.18 bits per heavy atom. The molecule has 6 rings (SSSR count). The van der Waals surface area contributed by atoms with Gasteiger partial charge in [0.1, 0.15) is 18.3 Å². The number of amides is 1. The fraction of sp³-hybridized carbons (Fsp3) is 0.259. The van der Waals surface area contributed by atoms with E-state index in [0.717, 1.165) is 0 Å². The van der Waals surface area contributed by atoms with Gasteiger partial charge in [-0.2, -0.15) is 10.2 Å². The molecule has 0 fully saturated rings. The van der Waals surface area contributed by atoms with Crippen LogP contribution in [0.3, 0.4) is 0 Å². The molecule has 0 aliphatic carbocycles. The van der Waals surface area contributed by atoms with Gasteiger partial charge >= 0.3 is 11.8 Å². The van der Waals surface area contributed by atoms with Crippen molar-refractivity contribution in [3.63, 3.8) is 0 Å². The van der Waals surface area contributed by atoms with Crippen molar-refractivity contribution in [2.24, 2.45) is 0 Å². The molecule has 1 atom stereocenters. The van der Waals surface area contributed by atoms with Crippen LogP contribution in [-0.2, 0) is 13.1 Å². The molecular weight excluding hydrogens is 508 g/mol. The van der Waals surface area contributed by atoms with Gasteiger partial charge in [0.2, 0.25) is 0 Å². The number of halogens is 2. The van der Waals surface area contributed by atoms with Crippen LogP contribution in [0.5, 0.6) is 0 Å². The van der Waals surface area contributed by atoms with E-state index in [1.807, 2.05) is 0 Å². The maximum atomic E-state index is 14.5. The van der Waals surface area contributed by atoms with Crippen molar-refractivity contribution >= 4 is 17.0 Å². The van der Waals surface area contributed by atoms with E-state index in [2.05, 4.69) is 10.2 Å². The van der Waals surface area contributed by atoms with Crippen LogP contribution in [0.1, 0.15) is 40.9 Å². The number of nitrogens with one attached hydrogen (secondary N) is 1. The van der Waals surface area contributed by atoms with Crippen LogP contribution in [0.25, 0.3) is 28.1 Å². The van der Waals surface area contributed by atoms with Gasteiger partial charge in [0.25, 0.3) is 0 Å². The van der Waals surface area contributed by atoms with Crippen molar-refractivity contribution in [3.8, 4) is 17.2 Å². The number of aromatic amines is 1. The van der Waals surface area contributed by atoms with Gasteiger partial charge in [0.15, 0.2) is 0 Å². The third kappa shape index (κ3) is 3.66. The lowest BCUT2D eigenvalue weighted by Gasteiger charge is -2.31. The summed E-state index contributed by atoms with van der Waals surface area (Å²) in [5, 5.41) is 21.9. The summed E-state index contributed by atoms with van der Waals surface area (Å²) in [6, 6.07) is 6.05. The van der Waals surface area contributed by atoms with Crippen molar-refractivity contribution in [1.82, 2.24) is 34.0 Å². The van der Waals surface area contributed by atoms with Crippen molar-refractivity contribution < 1.29 is 18.7 Å². The monoisotopic (exact) mass is 533 g/mol. The number of aryl methyl sites for hydroxylation is 2. The number of aromatic nitrogens is 6. The minimum absolute atomic E-state index is 0.252. The number of imidazole rings is 1. The third-order valence-electron chi connectivity index (χ3n) is 7.47. The van der Waals surface area contributed by atoms with Crippen LogP contribution in [0.2, 0.25) is 0 Å². The molecular formula is C27H25F2N7O3. The fourth-order valence-electron chi connectivity index (χ4n) is 5.52. The number of benzene rings is 2. The third-order valence-corrected chi connectivity index (χ3v) is 7.47. The summed E-state index contributed by atoms with van der Waals surface area (Å²) in [5.41, 5.74) is 3.43. The second-order valence-electron chi connectivity index (χ2n) is 9.74. The molecule has 4 heterocycles. The highest BCUT2D eigenvalue weighted by Crippen LogP contribution is 2.36. The quantitative estimate of drug-likeness (QED) is 0.353. The summed E-state index contributed by atoms with van der Waals surface area (Å²) in [6.45, 7) is 4.49. The van der Waals surface area contributed by atoms with Gasteiger partial charge in [-0.1, -0.05) is 0 Å². The first-order valence-corrected chi connectivity index (χ1v) is 12.4. The second kappa shape index (κ2) is 8.93. The summed E-state index contributed by atoms with van der Waals surface area (Å²) in [6.07, 6.45) is 3.88.